The highest BCUT2D eigenvalue weighted by atomic mass is 32.1. The van der Waals surface area contributed by atoms with Crippen molar-refractivity contribution in [1.82, 2.24) is 14.7 Å². The lowest BCUT2D eigenvalue weighted by Crippen LogP contribution is -2.23. The maximum atomic E-state index is 12.4. The Balaban J connectivity index is 1.76. The van der Waals surface area contributed by atoms with E-state index in [9.17, 15) is 4.79 Å². The Bertz CT molecular complexity index is 849. The highest BCUT2D eigenvalue weighted by Crippen LogP contribution is 2.30. The number of nitrogen functional groups attached to an aromatic ring is 1. The van der Waals surface area contributed by atoms with Crippen molar-refractivity contribution < 1.29 is 9.53 Å². The zero-order valence-corrected chi connectivity index (χ0v) is 13.8. The highest BCUT2D eigenvalue weighted by molar-refractivity contribution is 7.09. The van der Waals surface area contributed by atoms with Crippen molar-refractivity contribution in [3.63, 3.8) is 0 Å². The summed E-state index contributed by atoms with van der Waals surface area (Å²) in [6.07, 6.45) is 3.32. The first-order valence-electron chi connectivity index (χ1n) is 7.26. The molecule has 0 bridgehead atoms. The molecule has 0 spiro atoms. The zero-order valence-electron chi connectivity index (χ0n) is 13.0. The highest BCUT2D eigenvalue weighted by Gasteiger charge is 2.18. The number of hydrogen-bond donors (Lipinski definition) is 2. The Morgan fingerprint density at radius 1 is 1.25 bits per heavy atom. The first-order chi connectivity index (χ1) is 11.7. The molecule has 0 radical (unpaired) electrons. The van der Waals surface area contributed by atoms with E-state index in [4.69, 9.17) is 10.5 Å². The van der Waals surface area contributed by atoms with Gasteiger partial charge in [0.15, 0.2) is 0 Å². The Hall–Kier alpha value is -2.93. The van der Waals surface area contributed by atoms with E-state index in [1.54, 1.807) is 19.5 Å². The van der Waals surface area contributed by atoms with Crippen molar-refractivity contribution in [1.29, 1.82) is 0 Å². The quantitative estimate of drug-likeness (QED) is 0.745. The molecule has 1 aromatic carbocycles. The maximum Gasteiger partial charge on any atom is 0.265 e. The Kier molecular flexibility index (Phi) is 4.72. The zero-order chi connectivity index (χ0) is 16.9. The first kappa shape index (κ1) is 15.9. The summed E-state index contributed by atoms with van der Waals surface area (Å²) in [4.78, 5) is 16.8. The number of nitrogens with one attached hydrogen (secondary N) is 1. The minimum Gasteiger partial charge on any atom is -0.496 e. The third kappa shape index (κ3) is 3.21. The molecule has 3 rings (SSSR count). The number of para-hydroxylation sites is 1. The fourth-order valence-corrected chi connectivity index (χ4v) is 3.02. The van der Waals surface area contributed by atoms with Gasteiger partial charge in [-0.15, -0.1) is 0 Å². The third-order valence-corrected chi connectivity index (χ3v) is 4.38. The number of aromatic nitrogens is 2. The minimum absolute atomic E-state index is 0.254. The van der Waals surface area contributed by atoms with Crippen LogP contribution in [0.4, 0.5) is 5.69 Å². The maximum absolute atomic E-state index is 12.4. The van der Waals surface area contributed by atoms with Crippen LogP contribution in [0.15, 0.2) is 48.8 Å². The van der Waals surface area contributed by atoms with Gasteiger partial charge in [-0.1, -0.05) is 18.2 Å². The van der Waals surface area contributed by atoms with Crippen LogP contribution in [0.1, 0.15) is 15.2 Å². The predicted octanol–water partition coefficient (Wildman–Crippen LogP) is 2.73. The van der Waals surface area contributed by atoms with Crippen LogP contribution in [-0.4, -0.2) is 22.4 Å². The molecule has 0 aliphatic carbocycles. The lowest BCUT2D eigenvalue weighted by molar-refractivity contribution is 0.0955. The van der Waals surface area contributed by atoms with Gasteiger partial charge in [-0.2, -0.15) is 4.37 Å². The molecule has 3 aromatic rings. The van der Waals surface area contributed by atoms with E-state index < -0.39 is 0 Å². The summed E-state index contributed by atoms with van der Waals surface area (Å²) in [5.74, 6) is 0.476. The summed E-state index contributed by atoms with van der Waals surface area (Å²) < 4.78 is 9.58. The number of hydrogen-bond acceptors (Lipinski definition) is 6. The van der Waals surface area contributed by atoms with E-state index in [1.165, 1.54) is 0 Å². The van der Waals surface area contributed by atoms with Gasteiger partial charge in [-0.05, 0) is 29.7 Å². The van der Waals surface area contributed by atoms with Crippen molar-refractivity contribution in [2.24, 2.45) is 0 Å². The average Bonchev–Trinajstić information content (AvgIpc) is 3.02. The van der Waals surface area contributed by atoms with Crippen LogP contribution in [0.3, 0.4) is 0 Å². The minimum atomic E-state index is -0.254. The first-order valence-corrected chi connectivity index (χ1v) is 8.03. The van der Waals surface area contributed by atoms with Gasteiger partial charge >= 0.3 is 0 Å². The molecule has 0 unspecified atom stereocenters. The Morgan fingerprint density at radius 3 is 2.75 bits per heavy atom. The number of nitrogens with two attached hydrogens (primary N) is 1. The topological polar surface area (TPSA) is 90.1 Å². The molecule has 1 amide bonds. The van der Waals surface area contributed by atoms with Crippen molar-refractivity contribution in [3.8, 4) is 17.0 Å². The van der Waals surface area contributed by atoms with Gasteiger partial charge in [-0.3, -0.25) is 9.78 Å². The standard InChI is InChI=1S/C17H16N4O2S/c1-23-13-5-3-2-4-12(13)10-20-17(22)16-14(18)15(21-24-16)11-6-8-19-9-7-11/h2-9H,10,18H2,1H3,(H,20,22). The van der Waals surface area contributed by atoms with Gasteiger partial charge in [-0.25, -0.2) is 0 Å². The fraction of sp³-hybridized carbons (Fsp3) is 0.118. The number of methoxy groups -OCH3 is 1. The number of benzene rings is 1. The lowest BCUT2D eigenvalue weighted by atomic mass is 10.1. The smallest absolute Gasteiger partial charge is 0.265 e. The molecule has 0 fully saturated rings. The van der Waals surface area contributed by atoms with Crippen LogP contribution in [-0.2, 0) is 6.54 Å². The van der Waals surface area contributed by atoms with Gasteiger partial charge in [0.25, 0.3) is 5.91 Å². The molecule has 6 nitrogen and oxygen atoms in total. The summed E-state index contributed by atoms with van der Waals surface area (Å²) in [5, 5.41) is 2.85. The molecule has 0 atom stereocenters. The number of amides is 1. The number of nitrogens with zero attached hydrogens (tertiary/aromatic N) is 2. The van der Waals surface area contributed by atoms with E-state index in [2.05, 4.69) is 14.7 Å². The summed E-state index contributed by atoms with van der Waals surface area (Å²) in [5.41, 5.74) is 8.81. The van der Waals surface area contributed by atoms with Crippen LogP contribution in [0, 0.1) is 0 Å². The average molecular weight is 340 g/mol. The van der Waals surface area contributed by atoms with Gasteiger partial charge in [0.1, 0.15) is 16.3 Å². The number of rotatable bonds is 5. The predicted molar refractivity (Wildman–Crippen MR) is 93.9 cm³/mol. The van der Waals surface area contributed by atoms with Gasteiger partial charge < -0.3 is 15.8 Å². The number of anilines is 1. The summed E-state index contributed by atoms with van der Waals surface area (Å²) in [6.45, 7) is 0.352. The van der Waals surface area contributed by atoms with Crippen molar-refractivity contribution in [3.05, 3.63) is 59.2 Å². The number of carbonyl (C=O) groups excluding carboxylic acids is 1. The lowest BCUT2D eigenvalue weighted by Gasteiger charge is -2.09. The summed E-state index contributed by atoms with van der Waals surface area (Å²) in [7, 11) is 1.60. The largest absolute Gasteiger partial charge is 0.496 e. The molecule has 0 saturated carbocycles. The fourth-order valence-electron chi connectivity index (χ4n) is 2.28. The van der Waals surface area contributed by atoms with Crippen molar-refractivity contribution >= 4 is 23.1 Å². The van der Waals surface area contributed by atoms with E-state index >= 15 is 0 Å². The SMILES string of the molecule is COc1ccccc1CNC(=O)c1snc(-c2ccncc2)c1N. The Labute approximate surface area is 143 Å². The third-order valence-electron chi connectivity index (χ3n) is 3.52. The molecule has 0 saturated heterocycles. The van der Waals surface area contributed by atoms with Gasteiger partial charge in [0.05, 0.1) is 12.8 Å². The second-order valence-electron chi connectivity index (χ2n) is 5.00. The molecule has 3 N–H and O–H groups in total. The normalized spacial score (nSPS) is 10.4. The second-order valence-corrected chi connectivity index (χ2v) is 5.78. The van der Waals surface area contributed by atoms with E-state index in [1.807, 2.05) is 36.4 Å². The molecule has 7 heteroatoms. The van der Waals surface area contributed by atoms with E-state index in [0.717, 1.165) is 28.4 Å². The molecule has 0 aliphatic rings. The van der Waals surface area contributed by atoms with E-state index in [0.29, 0.717) is 22.8 Å². The van der Waals surface area contributed by atoms with Crippen LogP contribution in [0.25, 0.3) is 11.3 Å². The van der Waals surface area contributed by atoms with Crippen LogP contribution in [0.5, 0.6) is 5.75 Å². The number of pyridine rings is 1. The molecular weight excluding hydrogens is 324 g/mol. The van der Waals surface area contributed by atoms with Gasteiger partial charge in [0, 0.05) is 30.1 Å². The van der Waals surface area contributed by atoms with Crippen LogP contribution < -0.4 is 15.8 Å². The molecule has 2 aromatic heterocycles. The van der Waals surface area contributed by atoms with Gasteiger partial charge in [0.2, 0.25) is 0 Å². The molecule has 2 heterocycles. The Morgan fingerprint density at radius 2 is 2.00 bits per heavy atom. The van der Waals surface area contributed by atoms with Crippen LogP contribution >= 0.6 is 11.5 Å². The summed E-state index contributed by atoms with van der Waals surface area (Å²) >= 11 is 1.09. The molecule has 0 aliphatic heterocycles. The number of ether oxygens (including phenoxy) is 1. The number of carbonyl (C=O) groups is 1. The summed E-state index contributed by atoms with van der Waals surface area (Å²) in [6, 6.07) is 11.1. The van der Waals surface area contributed by atoms with E-state index in [-0.39, 0.29) is 5.91 Å². The second kappa shape index (κ2) is 7.10. The van der Waals surface area contributed by atoms with Crippen LogP contribution in [0.2, 0.25) is 0 Å². The monoisotopic (exact) mass is 340 g/mol. The molecular formula is C17H16N4O2S. The van der Waals surface area contributed by atoms with Crippen molar-refractivity contribution in [2.75, 3.05) is 12.8 Å². The molecule has 24 heavy (non-hydrogen) atoms. The van der Waals surface area contributed by atoms with Crippen molar-refractivity contribution in [2.45, 2.75) is 6.54 Å². The molecule has 122 valence electrons.